The third-order valence-corrected chi connectivity index (χ3v) is 3.69. The van der Waals surface area contributed by atoms with Gasteiger partial charge in [-0.1, -0.05) is 23.8 Å². The zero-order valence-electron chi connectivity index (χ0n) is 11.7. The minimum Gasteiger partial charge on any atom is -0.477 e. The topological polar surface area (TPSA) is 42.2 Å². The van der Waals surface area contributed by atoms with Crippen molar-refractivity contribution in [3.8, 4) is 11.1 Å². The summed E-state index contributed by atoms with van der Waals surface area (Å²) in [5.74, 6) is -1.34. The standard InChI is InChI=1S/C17H14FNO2/c1-10-3-8-14-13(9-10)15(16(17(20)21)19(14)2)11-4-6-12(18)7-5-11/h3-9H,1-2H3,(H,20,21). The van der Waals surface area contributed by atoms with Gasteiger partial charge in [-0.3, -0.25) is 0 Å². The van der Waals surface area contributed by atoms with Crippen LogP contribution in [-0.2, 0) is 7.05 Å². The number of aromatic nitrogens is 1. The lowest BCUT2D eigenvalue weighted by Gasteiger charge is -2.04. The third-order valence-electron chi connectivity index (χ3n) is 3.69. The van der Waals surface area contributed by atoms with Crippen LogP contribution in [0.5, 0.6) is 0 Å². The summed E-state index contributed by atoms with van der Waals surface area (Å²) < 4.78 is 14.8. The van der Waals surface area contributed by atoms with E-state index in [-0.39, 0.29) is 11.5 Å². The first-order valence-corrected chi connectivity index (χ1v) is 6.57. The molecule has 1 aromatic heterocycles. The highest BCUT2D eigenvalue weighted by Gasteiger charge is 2.21. The molecule has 0 radical (unpaired) electrons. The number of rotatable bonds is 2. The van der Waals surface area contributed by atoms with Gasteiger partial charge in [0.15, 0.2) is 0 Å². The zero-order chi connectivity index (χ0) is 15.1. The van der Waals surface area contributed by atoms with E-state index in [2.05, 4.69) is 0 Å². The van der Waals surface area contributed by atoms with Crippen LogP contribution in [0.1, 0.15) is 16.1 Å². The first kappa shape index (κ1) is 13.4. The average Bonchev–Trinajstić information content (AvgIpc) is 2.72. The van der Waals surface area contributed by atoms with Gasteiger partial charge in [0.05, 0.1) is 0 Å². The van der Waals surface area contributed by atoms with Crippen LogP contribution in [0.15, 0.2) is 42.5 Å². The van der Waals surface area contributed by atoms with Crippen LogP contribution in [-0.4, -0.2) is 15.6 Å². The number of carboxylic acids is 1. The fourth-order valence-electron chi connectivity index (χ4n) is 2.72. The molecule has 1 N–H and O–H groups in total. The number of carbonyl (C=O) groups is 1. The molecular weight excluding hydrogens is 269 g/mol. The molecule has 106 valence electrons. The van der Waals surface area contributed by atoms with Crippen molar-refractivity contribution in [2.75, 3.05) is 0 Å². The van der Waals surface area contributed by atoms with Crippen LogP contribution < -0.4 is 0 Å². The van der Waals surface area contributed by atoms with E-state index in [0.717, 1.165) is 16.5 Å². The van der Waals surface area contributed by atoms with Gasteiger partial charge < -0.3 is 9.67 Å². The van der Waals surface area contributed by atoms with Crippen molar-refractivity contribution < 1.29 is 14.3 Å². The maximum atomic E-state index is 13.1. The number of fused-ring (bicyclic) bond motifs is 1. The summed E-state index contributed by atoms with van der Waals surface area (Å²) in [6.45, 7) is 1.96. The Hall–Kier alpha value is -2.62. The van der Waals surface area contributed by atoms with Crippen molar-refractivity contribution in [2.45, 2.75) is 6.92 Å². The highest BCUT2D eigenvalue weighted by Crippen LogP contribution is 2.35. The van der Waals surface area contributed by atoms with Crippen LogP contribution in [0.2, 0.25) is 0 Å². The van der Waals surface area contributed by atoms with E-state index >= 15 is 0 Å². The second-order valence-corrected chi connectivity index (χ2v) is 5.12. The van der Waals surface area contributed by atoms with Gasteiger partial charge >= 0.3 is 5.97 Å². The normalized spacial score (nSPS) is 11.0. The third kappa shape index (κ3) is 2.09. The lowest BCUT2D eigenvalue weighted by Crippen LogP contribution is -2.05. The van der Waals surface area contributed by atoms with Gasteiger partial charge in [-0.15, -0.1) is 0 Å². The van der Waals surface area contributed by atoms with Crippen LogP contribution in [0, 0.1) is 12.7 Å². The van der Waals surface area contributed by atoms with E-state index in [9.17, 15) is 14.3 Å². The van der Waals surface area contributed by atoms with Gasteiger partial charge in [-0.25, -0.2) is 9.18 Å². The van der Waals surface area contributed by atoms with Crippen LogP contribution in [0.4, 0.5) is 4.39 Å². The van der Waals surface area contributed by atoms with E-state index in [1.54, 1.807) is 23.7 Å². The Labute approximate surface area is 121 Å². The number of halogens is 1. The quantitative estimate of drug-likeness (QED) is 0.772. The van der Waals surface area contributed by atoms with Crippen molar-refractivity contribution in [3.05, 3.63) is 59.5 Å². The van der Waals surface area contributed by atoms with Crippen molar-refractivity contribution in [3.63, 3.8) is 0 Å². The molecule has 0 amide bonds. The molecule has 0 saturated carbocycles. The van der Waals surface area contributed by atoms with E-state index in [0.29, 0.717) is 11.1 Å². The molecule has 4 heteroatoms. The number of hydrogen-bond donors (Lipinski definition) is 1. The summed E-state index contributed by atoms with van der Waals surface area (Å²) in [7, 11) is 1.73. The average molecular weight is 283 g/mol. The van der Waals surface area contributed by atoms with Crippen molar-refractivity contribution >= 4 is 16.9 Å². The van der Waals surface area contributed by atoms with E-state index < -0.39 is 5.97 Å². The Kier molecular flexibility index (Phi) is 3.01. The minimum absolute atomic E-state index is 0.210. The smallest absolute Gasteiger partial charge is 0.353 e. The van der Waals surface area contributed by atoms with Gasteiger partial charge in [-0.05, 0) is 36.8 Å². The van der Waals surface area contributed by atoms with E-state index in [4.69, 9.17) is 0 Å². The maximum Gasteiger partial charge on any atom is 0.353 e. The number of nitrogens with zero attached hydrogens (tertiary/aromatic N) is 1. The monoisotopic (exact) mass is 283 g/mol. The molecule has 21 heavy (non-hydrogen) atoms. The molecule has 3 rings (SSSR count). The highest BCUT2D eigenvalue weighted by atomic mass is 19.1. The van der Waals surface area contributed by atoms with Gasteiger partial charge in [0.2, 0.25) is 0 Å². The molecule has 1 heterocycles. The summed E-state index contributed by atoms with van der Waals surface area (Å²) in [5, 5.41) is 10.4. The first-order chi connectivity index (χ1) is 9.99. The van der Waals surface area contributed by atoms with Crippen molar-refractivity contribution in [1.82, 2.24) is 4.57 Å². The molecule has 0 fully saturated rings. The van der Waals surface area contributed by atoms with Gasteiger partial charge in [-0.2, -0.15) is 0 Å². The van der Waals surface area contributed by atoms with E-state index in [1.165, 1.54) is 12.1 Å². The number of benzene rings is 2. The molecule has 3 aromatic rings. The van der Waals surface area contributed by atoms with Gasteiger partial charge in [0, 0.05) is 23.5 Å². The molecular formula is C17H14FNO2. The summed E-state index contributed by atoms with van der Waals surface area (Å²) in [6, 6.07) is 11.7. The predicted octanol–water partition coefficient (Wildman–Crippen LogP) is 3.99. The Morgan fingerprint density at radius 1 is 1.14 bits per heavy atom. The number of aromatic carboxylic acids is 1. The molecule has 3 nitrogen and oxygen atoms in total. The summed E-state index contributed by atoms with van der Waals surface area (Å²) in [4.78, 5) is 11.6. The Bertz CT molecular complexity index is 847. The van der Waals surface area contributed by atoms with Crippen LogP contribution >= 0.6 is 0 Å². The van der Waals surface area contributed by atoms with E-state index in [1.807, 2.05) is 25.1 Å². The minimum atomic E-state index is -0.995. The summed E-state index contributed by atoms with van der Waals surface area (Å²) >= 11 is 0. The Morgan fingerprint density at radius 2 is 1.81 bits per heavy atom. The van der Waals surface area contributed by atoms with Gasteiger partial charge in [0.25, 0.3) is 0 Å². The first-order valence-electron chi connectivity index (χ1n) is 6.57. The molecule has 0 saturated heterocycles. The molecule has 2 aromatic carbocycles. The lowest BCUT2D eigenvalue weighted by molar-refractivity contribution is 0.0688. The zero-order valence-corrected chi connectivity index (χ0v) is 11.7. The number of hydrogen-bond acceptors (Lipinski definition) is 1. The largest absolute Gasteiger partial charge is 0.477 e. The second kappa shape index (κ2) is 4.74. The molecule has 0 atom stereocenters. The fourth-order valence-corrected chi connectivity index (χ4v) is 2.72. The number of carboxylic acid groups (broad SMARTS) is 1. The molecule has 0 aliphatic carbocycles. The lowest BCUT2D eigenvalue weighted by atomic mass is 10.0. The van der Waals surface area contributed by atoms with Crippen LogP contribution in [0.3, 0.4) is 0 Å². The second-order valence-electron chi connectivity index (χ2n) is 5.12. The molecule has 0 unspecified atom stereocenters. The van der Waals surface area contributed by atoms with Gasteiger partial charge in [0.1, 0.15) is 11.5 Å². The maximum absolute atomic E-state index is 13.1. The predicted molar refractivity (Wildman–Crippen MR) is 80.0 cm³/mol. The number of aryl methyl sites for hydroxylation is 2. The molecule has 0 spiro atoms. The Morgan fingerprint density at radius 3 is 2.43 bits per heavy atom. The Balaban J connectivity index is 2.43. The van der Waals surface area contributed by atoms with Crippen molar-refractivity contribution in [2.24, 2.45) is 7.05 Å². The summed E-state index contributed by atoms with van der Waals surface area (Å²) in [6.07, 6.45) is 0. The molecule has 0 aliphatic heterocycles. The molecule has 0 aliphatic rings. The highest BCUT2D eigenvalue weighted by molar-refractivity contribution is 6.08. The SMILES string of the molecule is Cc1ccc2c(c1)c(-c1ccc(F)cc1)c(C(=O)O)n2C. The van der Waals surface area contributed by atoms with Crippen LogP contribution in [0.25, 0.3) is 22.0 Å². The fraction of sp³-hybridized carbons (Fsp3) is 0.118. The summed E-state index contributed by atoms with van der Waals surface area (Å²) in [5.41, 5.74) is 3.43. The molecule has 0 bridgehead atoms. The van der Waals surface area contributed by atoms with Crippen molar-refractivity contribution in [1.29, 1.82) is 0 Å².